The van der Waals surface area contributed by atoms with Crippen LogP contribution < -0.4 is 21.7 Å². The number of aryl methyl sites for hydroxylation is 1. The van der Waals surface area contributed by atoms with Gasteiger partial charge in [-0.2, -0.15) is 0 Å². The molecule has 1 heterocycles. The average Bonchev–Trinajstić information content (AvgIpc) is 2.38. The summed E-state index contributed by atoms with van der Waals surface area (Å²) in [6.45, 7) is 2.34. The van der Waals surface area contributed by atoms with Crippen molar-refractivity contribution in [1.29, 1.82) is 0 Å². The first-order valence-corrected chi connectivity index (χ1v) is 5.85. The zero-order valence-corrected chi connectivity index (χ0v) is 10.6. The minimum absolute atomic E-state index is 0.329. The summed E-state index contributed by atoms with van der Waals surface area (Å²) in [6, 6.07) is 7.00. The van der Waals surface area contributed by atoms with E-state index < -0.39 is 5.69 Å². The highest BCUT2D eigenvalue weighted by Gasteiger charge is 2.01. The maximum atomic E-state index is 11.5. The van der Waals surface area contributed by atoms with Crippen LogP contribution in [-0.2, 0) is 6.54 Å². The number of H-pyrrole nitrogens is 1. The summed E-state index contributed by atoms with van der Waals surface area (Å²) in [5.41, 5.74) is 5.93. The van der Waals surface area contributed by atoms with Crippen LogP contribution in [0.1, 0.15) is 5.56 Å². The molecule has 0 aliphatic heterocycles. The molecule has 0 unspecified atom stereocenters. The van der Waals surface area contributed by atoms with Crippen molar-refractivity contribution < 1.29 is 4.74 Å². The van der Waals surface area contributed by atoms with Gasteiger partial charge in [0.1, 0.15) is 12.4 Å². The fourth-order valence-corrected chi connectivity index (χ4v) is 1.61. The molecular formula is C13H15N3O3. The first-order valence-electron chi connectivity index (χ1n) is 5.85. The van der Waals surface area contributed by atoms with E-state index in [1.165, 1.54) is 10.8 Å². The number of rotatable bonds is 4. The molecule has 0 radical (unpaired) electrons. The molecule has 3 N–H and O–H groups in total. The zero-order valence-electron chi connectivity index (χ0n) is 10.6. The van der Waals surface area contributed by atoms with Crippen LogP contribution in [0.3, 0.4) is 0 Å². The Kier molecular flexibility index (Phi) is 3.70. The zero-order chi connectivity index (χ0) is 13.8. The van der Waals surface area contributed by atoms with Gasteiger partial charge in [0.15, 0.2) is 0 Å². The quantitative estimate of drug-likeness (QED) is 0.784. The number of aromatic nitrogens is 2. The summed E-state index contributed by atoms with van der Waals surface area (Å²) in [5, 5.41) is 0. The molecular weight excluding hydrogens is 246 g/mol. The van der Waals surface area contributed by atoms with Crippen LogP contribution in [-0.4, -0.2) is 16.2 Å². The molecule has 0 bridgehead atoms. The largest absolute Gasteiger partial charge is 0.492 e. The van der Waals surface area contributed by atoms with E-state index in [4.69, 9.17) is 10.5 Å². The number of hydrogen-bond acceptors (Lipinski definition) is 4. The van der Waals surface area contributed by atoms with E-state index in [1.807, 2.05) is 0 Å². The number of nitrogens with zero attached hydrogens (tertiary/aromatic N) is 1. The Balaban J connectivity index is 2.00. The normalized spacial score (nSPS) is 10.4. The standard InChI is InChI=1S/C13H15N3O3/c1-9-8-16(13(18)15-12(9)17)6-7-19-11-4-2-10(14)3-5-11/h2-5,8H,6-7,14H2,1H3,(H,15,17,18). The Labute approximate surface area is 109 Å². The average molecular weight is 261 g/mol. The van der Waals surface area contributed by atoms with Gasteiger partial charge < -0.3 is 10.5 Å². The Morgan fingerprint density at radius 3 is 2.63 bits per heavy atom. The smallest absolute Gasteiger partial charge is 0.328 e. The number of benzene rings is 1. The third kappa shape index (κ3) is 3.25. The number of nitrogens with one attached hydrogen (secondary N) is 1. The highest BCUT2D eigenvalue weighted by molar-refractivity contribution is 5.41. The molecule has 0 saturated carbocycles. The van der Waals surface area contributed by atoms with Gasteiger partial charge in [-0.3, -0.25) is 14.3 Å². The van der Waals surface area contributed by atoms with Gasteiger partial charge >= 0.3 is 5.69 Å². The first-order chi connectivity index (χ1) is 9.06. The Bertz CT molecular complexity index is 671. The number of aromatic amines is 1. The Morgan fingerprint density at radius 1 is 1.26 bits per heavy atom. The van der Waals surface area contributed by atoms with Crippen LogP contribution >= 0.6 is 0 Å². The summed E-state index contributed by atoms with van der Waals surface area (Å²) in [5.74, 6) is 0.684. The van der Waals surface area contributed by atoms with E-state index in [0.717, 1.165) is 0 Å². The molecule has 0 spiro atoms. The summed E-state index contributed by atoms with van der Waals surface area (Å²) >= 11 is 0. The molecule has 0 atom stereocenters. The van der Waals surface area contributed by atoms with Crippen molar-refractivity contribution in [2.45, 2.75) is 13.5 Å². The fraction of sp³-hybridized carbons (Fsp3) is 0.231. The van der Waals surface area contributed by atoms with Gasteiger partial charge in [-0.05, 0) is 31.2 Å². The van der Waals surface area contributed by atoms with Gasteiger partial charge in [-0.1, -0.05) is 0 Å². The van der Waals surface area contributed by atoms with Crippen molar-refractivity contribution in [1.82, 2.24) is 9.55 Å². The monoisotopic (exact) mass is 261 g/mol. The summed E-state index contributed by atoms with van der Waals surface area (Å²) < 4.78 is 6.89. The second-order valence-electron chi connectivity index (χ2n) is 4.18. The van der Waals surface area contributed by atoms with Crippen molar-refractivity contribution in [3.8, 4) is 5.75 Å². The maximum Gasteiger partial charge on any atom is 0.328 e. The minimum atomic E-state index is -0.434. The van der Waals surface area contributed by atoms with E-state index in [1.54, 1.807) is 31.2 Å². The Hall–Kier alpha value is -2.50. The molecule has 0 fully saturated rings. The van der Waals surface area contributed by atoms with Crippen molar-refractivity contribution in [2.24, 2.45) is 0 Å². The SMILES string of the molecule is Cc1cn(CCOc2ccc(N)cc2)c(=O)[nH]c1=O. The van der Waals surface area contributed by atoms with Gasteiger partial charge in [-0.15, -0.1) is 0 Å². The topological polar surface area (TPSA) is 90.1 Å². The summed E-state index contributed by atoms with van der Waals surface area (Å²) in [6.07, 6.45) is 1.52. The summed E-state index contributed by atoms with van der Waals surface area (Å²) in [4.78, 5) is 25.0. The van der Waals surface area contributed by atoms with E-state index in [0.29, 0.717) is 30.2 Å². The molecule has 0 aliphatic rings. The molecule has 0 aliphatic carbocycles. The lowest BCUT2D eigenvalue weighted by molar-refractivity contribution is 0.295. The van der Waals surface area contributed by atoms with Gasteiger partial charge in [0.2, 0.25) is 0 Å². The molecule has 2 rings (SSSR count). The lowest BCUT2D eigenvalue weighted by Crippen LogP contribution is -2.32. The predicted molar refractivity (Wildman–Crippen MR) is 72.4 cm³/mol. The lowest BCUT2D eigenvalue weighted by Gasteiger charge is -2.08. The van der Waals surface area contributed by atoms with Gasteiger partial charge in [0, 0.05) is 17.4 Å². The highest BCUT2D eigenvalue weighted by Crippen LogP contribution is 2.12. The van der Waals surface area contributed by atoms with E-state index >= 15 is 0 Å². The molecule has 1 aromatic heterocycles. The van der Waals surface area contributed by atoms with E-state index in [-0.39, 0.29) is 5.56 Å². The number of anilines is 1. The molecule has 0 amide bonds. The highest BCUT2D eigenvalue weighted by atomic mass is 16.5. The van der Waals surface area contributed by atoms with Crippen molar-refractivity contribution >= 4 is 5.69 Å². The van der Waals surface area contributed by atoms with Crippen molar-refractivity contribution in [3.63, 3.8) is 0 Å². The van der Waals surface area contributed by atoms with Crippen LogP contribution in [0.15, 0.2) is 40.1 Å². The lowest BCUT2D eigenvalue weighted by atomic mass is 10.3. The van der Waals surface area contributed by atoms with Crippen LogP contribution in [0.25, 0.3) is 0 Å². The maximum absolute atomic E-state index is 11.5. The Morgan fingerprint density at radius 2 is 1.95 bits per heavy atom. The van der Waals surface area contributed by atoms with Crippen LogP contribution in [0.2, 0.25) is 0 Å². The van der Waals surface area contributed by atoms with Crippen LogP contribution in [0.5, 0.6) is 5.75 Å². The molecule has 100 valence electrons. The van der Waals surface area contributed by atoms with E-state index in [2.05, 4.69) is 4.98 Å². The minimum Gasteiger partial charge on any atom is -0.492 e. The van der Waals surface area contributed by atoms with E-state index in [9.17, 15) is 9.59 Å². The molecule has 2 aromatic rings. The molecule has 6 heteroatoms. The predicted octanol–water partition coefficient (Wildman–Crippen LogP) is 0.506. The van der Waals surface area contributed by atoms with Crippen molar-refractivity contribution in [2.75, 3.05) is 12.3 Å². The third-order valence-electron chi connectivity index (χ3n) is 2.67. The van der Waals surface area contributed by atoms with Crippen molar-refractivity contribution in [3.05, 3.63) is 56.9 Å². The number of nitrogens with two attached hydrogens (primary N) is 1. The van der Waals surface area contributed by atoms with Crippen LogP contribution in [0, 0.1) is 6.92 Å². The number of ether oxygens (including phenoxy) is 1. The first kappa shape index (κ1) is 12.9. The second-order valence-corrected chi connectivity index (χ2v) is 4.18. The van der Waals surface area contributed by atoms with Gasteiger partial charge in [0.25, 0.3) is 5.56 Å². The third-order valence-corrected chi connectivity index (χ3v) is 2.67. The van der Waals surface area contributed by atoms with Gasteiger partial charge in [-0.25, -0.2) is 4.79 Å². The second kappa shape index (κ2) is 5.43. The molecule has 1 aromatic carbocycles. The van der Waals surface area contributed by atoms with Gasteiger partial charge in [0.05, 0.1) is 6.54 Å². The summed E-state index contributed by atoms with van der Waals surface area (Å²) in [7, 11) is 0. The molecule has 0 saturated heterocycles. The molecule has 6 nitrogen and oxygen atoms in total. The van der Waals surface area contributed by atoms with Crippen LogP contribution in [0.4, 0.5) is 5.69 Å². The number of nitrogen functional groups attached to an aromatic ring is 1. The number of hydrogen-bond donors (Lipinski definition) is 2. The molecule has 19 heavy (non-hydrogen) atoms. The fourth-order valence-electron chi connectivity index (χ4n) is 1.61.